The van der Waals surface area contributed by atoms with Crippen molar-refractivity contribution >= 4 is 51.5 Å². The van der Waals surface area contributed by atoms with Gasteiger partial charge in [-0.25, -0.2) is 0 Å². The second kappa shape index (κ2) is 12.4. The predicted molar refractivity (Wildman–Crippen MR) is 143 cm³/mol. The Bertz CT molecular complexity index is 1420. The Balaban J connectivity index is 1.79. The third-order valence-electron chi connectivity index (χ3n) is 5.61. The summed E-state index contributed by atoms with van der Waals surface area (Å²) in [5.41, 5.74) is 1.68. The summed E-state index contributed by atoms with van der Waals surface area (Å²) in [4.78, 5) is 53.6. The average molecular weight is 538 g/mol. The largest absolute Gasteiger partial charge is 0.480 e. The summed E-state index contributed by atoms with van der Waals surface area (Å²) in [5, 5.41) is 31.7. The summed E-state index contributed by atoms with van der Waals surface area (Å²) in [6.45, 7) is 3.48. The molecule has 0 saturated carbocycles. The normalized spacial score (nSPS) is 10.4. The van der Waals surface area contributed by atoms with Crippen LogP contribution in [0.1, 0.15) is 17.3 Å². The van der Waals surface area contributed by atoms with E-state index in [0.717, 1.165) is 21.4 Å². The summed E-state index contributed by atoms with van der Waals surface area (Å²) in [6.07, 6.45) is 0. The molecule has 0 saturated heterocycles. The first-order chi connectivity index (χ1) is 18.5. The summed E-state index contributed by atoms with van der Waals surface area (Å²) in [6, 6.07) is 15.1. The van der Waals surface area contributed by atoms with E-state index in [4.69, 9.17) is 9.99 Å². The number of amides is 1. The Morgan fingerprint density at radius 2 is 1.54 bits per heavy atom. The number of carboxylic acid groups (broad SMARTS) is 2. The van der Waals surface area contributed by atoms with Crippen LogP contribution in [0.15, 0.2) is 67.1 Å². The number of rotatable bonds is 13. The van der Waals surface area contributed by atoms with E-state index in [1.165, 1.54) is 25.1 Å². The van der Waals surface area contributed by atoms with E-state index in [1.54, 1.807) is 18.0 Å². The van der Waals surface area contributed by atoms with Gasteiger partial charge in [-0.2, -0.15) is 5.26 Å². The van der Waals surface area contributed by atoms with Gasteiger partial charge in [0.05, 0.1) is 12.2 Å². The van der Waals surface area contributed by atoms with E-state index < -0.39 is 36.9 Å². The molecule has 204 valence electrons. The number of carbonyl (C=O) groups excluding carboxylic acids is 2. The number of fused-ring (bicyclic) bond motifs is 1. The third kappa shape index (κ3) is 7.69. The van der Waals surface area contributed by atoms with Crippen LogP contribution >= 0.6 is 0 Å². The van der Waals surface area contributed by atoms with E-state index >= 15 is 0 Å². The molecule has 12 heteroatoms. The lowest BCUT2D eigenvalue weighted by Crippen LogP contribution is -2.34. The van der Waals surface area contributed by atoms with Crippen molar-refractivity contribution in [2.75, 3.05) is 41.8 Å². The SMILES string of the molecule is C=C(OO)Oc1cc(NC(=O)CN(C)c2ccc3cc(C(C)=O)ccc3c2)ccc1N(CC(=O)O)CC(=O)O. The van der Waals surface area contributed by atoms with Crippen LogP contribution in [0.5, 0.6) is 5.75 Å². The molecule has 0 aliphatic carbocycles. The lowest BCUT2D eigenvalue weighted by atomic mass is 10.0. The van der Waals surface area contributed by atoms with Gasteiger partial charge in [0.1, 0.15) is 13.1 Å². The number of hydrogen-bond acceptors (Lipinski definition) is 9. The topological polar surface area (TPSA) is 166 Å². The Kier molecular flexibility index (Phi) is 9.07. The molecule has 0 heterocycles. The molecule has 12 nitrogen and oxygen atoms in total. The number of aliphatic carboxylic acids is 2. The molecule has 1 amide bonds. The molecule has 0 bridgehead atoms. The van der Waals surface area contributed by atoms with Crippen LogP contribution < -0.4 is 19.9 Å². The first-order valence-electron chi connectivity index (χ1n) is 11.5. The maximum atomic E-state index is 12.8. The molecule has 0 radical (unpaired) electrons. The zero-order chi connectivity index (χ0) is 28.7. The van der Waals surface area contributed by atoms with Gasteiger partial charge < -0.3 is 35.0 Å². The number of nitrogens with one attached hydrogen (secondary N) is 1. The summed E-state index contributed by atoms with van der Waals surface area (Å²) < 4.78 is 5.30. The minimum absolute atomic E-state index is 0.0268. The number of carbonyl (C=O) groups is 4. The van der Waals surface area contributed by atoms with Gasteiger partial charge in [-0.1, -0.05) is 18.2 Å². The maximum absolute atomic E-state index is 12.8. The molecule has 39 heavy (non-hydrogen) atoms. The Morgan fingerprint density at radius 1 is 0.897 bits per heavy atom. The Labute approximate surface area is 223 Å². The molecule has 0 unspecified atom stereocenters. The fourth-order valence-electron chi connectivity index (χ4n) is 3.83. The highest BCUT2D eigenvalue weighted by Gasteiger charge is 2.20. The Hall–Kier alpha value is -5.10. The van der Waals surface area contributed by atoms with Gasteiger partial charge in [0.25, 0.3) is 0 Å². The van der Waals surface area contributed by atoms with Crippen LogP contribution in [0.25, 0.3) is 10.8 Å². The van der Waals surface area contributed by atoms with Gasteiger partial charge in [0.15, 0.2) is 11.5 Å². The van der Waals surface area contributed by atoms with Crippen LogP contribution in [0.4, 0.5) is 17.1 Å². The van der Waals surface area contributed by atoms with Crippen molar-refractivity contribution in [2.24, 2.45) is 0 Å². The van der Waals surface area contributed by atoms with E-state index in [0.29, 0.717) is 5.56 Å². The van der Waals surface area contributed by atoms with Crippen LogP contribution in [-0.2, 0) is 19.3 Å². The first-order valence-corrected chi connectivity index (χ1v) is 11.5. The fraction of sp³-hybridized carbons (Fsp3) is 0.185. The number of likely N-dealkylation sites (N-methyl/N-ethyl adjacent to an activating group) is 1. The number of carboxylic acids is 2. The number of anilines is 3. The number of ether oxygens (including phenoxy) is 1. The third-order valence-corrected chi connectivity index (χ3v) is 5.61. The summed E-state index contributed by atoms with van der Waals surface area (Å²) in [5.74, 6) is -3.66. The molecular weight excluding hydrogens is 510 g/mol. The van der Waals surface area contributed by atoms with E-state index in [9.17, 15) is 29.4 Å². The lowest BCUT2D eigenvalue weighted by Gasteiger charge is -2.24. The highest BCUT2D eigenvalue weighted by Crippen LogP contribution is 2.33. The fourth-order valence-corrected chi connectivity index (χ4v) is 3.83. The molecule has 0 aliphatic rings. The number of nitrogens with zero attached hydrogens (tertiary/aromatic N) is 2. The van der Waals surface area contributed by atoms with Crippen LogP contribution in [0, 0.1) is 0 Å². The van der Waals surface area contributed by atoms with Crippen LogP contribution in [0.3, 0.4) is 0 Å². The van der Waals surface area contributed by atoms with Gasteiger partial charge in [-0.3, -0.25) is 19.2 Å². The molecule has 0 aliphatic heterocycles. The van der Waals surface area contributed by atoms with Crippen molar-refractivity contribution in [3.05, 3.63) is 72.7 Å². The van der Waals surface area contributed by atoms with Crippen molar-refractivity contribution in [1.82, 2.24) is 0 Å². The highest BCUT2D eigenvalue weighted by molar-refractivity contribution is 5.99. The van der Waals surface area contributed by atoms with Crippen molar-refractivity contribution in [3.8, 4) is 5.75 Å². The van der Waals surface area contributed by atoms with E-state index in [-0.39, 0.29) is 29.5 Å². The summed E-state index contributed by atoms with van der Waals surface area (Å²) in [7, 11) is 1.74. The minimum atomic E-state index is -1.28. The van der Waals surface area contributed by atoms with Crippen molar-refractivity contribution in [3.63, 3.8) is 0 Å². The zero-order valence-corrected chi connectivity index (χ0v) is 21.2. The second-order valence-electron chi connectivity index (χ2n) is 8.60. The zero-order valence-electron chi connectivity index (χ0n) is 21.2. The number of ketones is 1. The van der Waals surface area contributed by atoms with E-state index in [1.807, 2.05) is 30.3 Å². The molecule has 3 aromatic rings. The van der Waals surface area contributed by atoms with Crippen LogP contribution in [-0.4, -0.2) is 65.8 Å². The smallest absolute Gasteiger partial charge is 0.323 e. The minimum Gasteiger partial charge on any atom is -0.480 e. The molecular formula is C27H27N3O9. The molecule has 3 aromatic carbocycles. The first kappa shape index (κ1) is 28.5. The number of benzene rings is 3. The number of Topliss-reactive ketones (excluding diaryl/α,β-unsaturated/α-hetero) is 1. The average Bonchev–Trinajstić information content (AvgIpc) is 2.87. The van der Waals surface area contributed by atoms with Crippen molar-refractivity contribution in [2.45, 2.75) is 6.92 Å². The predicted octanol–water partition coefficient (Wildman–Crippen LogP) is 3.43. The molecule has 0 spiro atoms. The molecule has 3 rings (SSSR count). The van der Waals surface area contributed by atoms with E-state index in [2.05, 4.69) is 16.8 Å². The monoisotopic (exact) mass is 537 g/mol. The molecule has 0 atom stereocenters. The lowest BCUT2D eigenvalue weighted by molar-refractivity contribution is -0.229. The van der Waals surface area contributed by atoms with Crippen LogP contribution in [0.2, 0.25) is 0 Å². The van der Waals surface area contributed by atoms with Gasteiger partial charge in [0, 0.05) is 30.1 Å². The summed E-state index contributed by atoms with van der Waals surface area (Å²) >= 11 is 0. The standard InChI is InChI=1S/C27H27N3O9/c1-16(31)18-4-5-20-11-22(8-6-19(20)10-18)29(3)13-25(32)28-21-7-9-23(24(12-21)38-17(2)39-37)30(14-26(33)34)15-27(35)36/h4-12,37H,2,13-15H2,1,3H3,(H,28,32)(H,33,34)(H,35,36). The second-order valence-corrected chi connectivity index (χ2v) is 8.60. The van der Waals surface area contributed by atoms with Gasteiger partial charge >= 0.3 is 17.9 Å². The molecule has 4 N–H and O–H groups in total. The Morgan fingerprint density at radius 3 is 2.15 bits per heavy atom. The highest BCUT2D eigenvalue weighted by atomic mass is 17.1. The maximum Gasteiger partial charge on any atom is 0.323 e. The number of hydrogen-bond donors (Lipinski definition) is 4. The van der Waals surface area contributed by atoms with Gasteiger partial charge in [0.2, 0.25) is 5.91 Å². The van der Waals surface area contributed by atoms with Crippen molar-refractivity contribution < 1.29 is 44.3 Å². The van der Waals surface area contributed by atoms with Gasteiger partial charge in [-0.05, 0) is 54.6 Å². The quantitative estimate of drug-likeness (QED) is 0.109. The van der Waals surface area contributed by atoms with Crippen molar-refractivity contribution in [1.29, 1.82) is 0 Å². The molecule has 0 aromatic heterocycles. The molecule has 0 fully saturated rings. The van der Waals surface area contributed by atoms with Gasteiger partial charge in [-0.15, -0.1) is 0 Å².